The Kier molecular flexibility index (Phi) is 5.06. The minimum absolute atomic E-state index is 0.0250. The molecular formula is C22H18Cl2N2O. The largest absolute Gasteiger partial charge is 0.497 e. The fraction of sp³-hybridized carbons (Fsp3) is 0.136. The summed E-state index contributed by atoms with van der Waals surface area (Å²) >= 11 is 12.6. The van der Waals surface area contributed by atoms with Crippen molar-refractivity contribution in [2.24, 2.45) is 5.10 Å². The molecule has 0 saturated carbocycles. The van der Waals surface area contributed by atoms with Gasteiger partial charge in [0.05, 0.1) is 24.6 Å². The van der Waals surface area contributed by atoms with Gasteiger partial charge in [-0.2, -0.15) is 5.10 Å². The molecule has 27 heavy (non-hydrogen) atoms. The van der Waals surface area contributed by atoms with E-state index in [1.165, 1.54) is 0 Å². The molecule has 0 saturated heterocycles. The number of ether oxygens (including phenoxy) is 1. The predicted molar refractivity (Wildman–Crippen MR) is 112 cm³/mol. The number of hydrogen-bond acceptors (Lipinski definition) is 3. The highest BCUT2D eigenvalue weighted by atomic mass is 35.5. The number of hydrazone groups is 1. The van der Waals surface area contributed by atoms with Gasteiger partial charge in [-0.1, -0.05) is 41.4 Å². The number of methoxy groups -OCH3 is 1. The molecule has 0 N–H and O–H groups in total. The third kappa shape index (κ3) is 3.66. The average molecular weight is 397 g/mol. The molecule has 0 bridgehead atoms. The van der Waals surface area contributed by atoms with Crippen LogP contribution in [0.2, 0.25) is 10.0 Å². The van der Waals surface area contributed by atoms with Gasteiger partial charge in [0.25, 0.3) is 0 Å². The predicted octanol–water partition coefficient (Wildman–Crippen LogP) is 6.36. The summed E-state index contributed by atoms with van der Waals surface area (Å²) < 4.78 is 5.26. The lowest BCUT2D eigenvalue weighted by Crippen LogP contribution is -2.18. The minimum Gasteiger partial charge on any atom is -0.497 e. The molecule has 1 heterocycles. The lowest BCUT2D eigenvalue weighted by atomic mass is 9.98. The quantitative estimate of drug-likeness (QED) is 0.512. The van der Waals surface area contributed by atoms with Gasteiger partial charge < -0.3 is 4.74 Å². The Bertz CT molecular complexity index is 968. The SMILES string of the molecule is COc1ccc(C2=NN(c3ccc(Cl)cc3)C(c3ccccc3Cl)C2)cc1. The van der Waals surface area contributed by atoms with Gasteiger partial charge in [0.1, 0.15) is 5.75 Å². The van der Waals surface area contributed by atoms with E-state index in [0.29, 0.717) is 5.02 Å². The molecule has 3 aromatic rings. The van der Waals surface area contributed by atoms with Crippen molar-refractivity contribution >= 4 is 34.6 Å². The second-order valence-electron chi connectivity index (χ2n) is 6.34. The van der Waals surface area contributed by atoms with E-state index in [0.717, 1.165) is 39.7 Å². The summed E-state index contributed by atoms with van der Waals surface area (Å²) in [5.41, 5.74) is 4.12. The highest BCUT2D eigenvalue weighted by Gasteiger charge is 2.31. The van der Waals surface area contributed by atoms with Crippen LogP contribution in [-0.2, 0) is 0 Å². The van der Waals surface area contributed by atoms with Crippen LogP contribution in [0.5, 0.6) is 5.75 Å². The van der Waals surface area contributed by atoms with Gasteiger partial charge in [-0.05, 0) is 65.7 Å². The Labute approximate surface area is 168 Å². The minimum atomic E-state index is 0.0250. The lowest BCUT2D eigenvalue weighted by molar-refractivity contribution is 0.415. The summed E-state index contributed by atoms with van der Waals surface area (Å²) in [5, 5.41) is 8.39. The summed E-state index contributed by atoms with van der Waals surface area (Å²) in [7, 11) is 1.66. The van der Waals surface area contributed by atoms with Gasteiger partial charge in [-0.25, -0.2) is 0 Å². The molecule has 0 amide bonds. The van der Waals surface area contributed by atoms with Gasteiger partial charge >= 0.3 is 0 Å². The van der Waals surface area contributed by atoms with Gasteiger partial charge in [-0.15, -0.1) is 0 Å². The van der Waals surface area contributed by atoms with Crippen molar-refractivity contribution in [1.82, 2.24) is 0 Å². The zero-order valence-corrected chi connectivity index (χ0v) is 16.3. The number of hydrogen-bond donors (Lipinski definition) is 0. The molecule has 4 rings (SSSR count). The maximum Gasteiger partial charge on any atom is 0.118 e. The van der Waals surface area contributed by atoms with Crippen LogP contribution in [0, 0.1) is 0 Å². The van der Waals surface area contributed by atoms with E-state index in [4.69, 9.17) is 33.0 Å². The van der Waals surface area contributed by atoms with Crippen LogP contribution in [0.15, 0.2) is 77.9 Å². The first-order valence-electron chi connectivity index (χ1n) is 8.67. The van der Waals surface area contributed by atoms with Crippen LogP contribution >= 0.6 is 23.2 Å². The Balaban J connectivity index is 1.74. The van der Waals surface area contributed by atoms with Crippen LogP contribution < -0.4 is 9.75 Å². The van der Waals surface area contributed by atoms with Crippen LogP contribution in [0.25, 0.3) is 0 Å². The molecule has 3 nitrogen and oxygen atoms in total. The van der Waals surface area contributed by atoms with Crippen molar-refractivity contribution in [3.8, 4) is 5.75 Å². The Morgan fingerprint density at radius 1 is 0.926 bits per heavy atom. The zero-order valence-electron chi connectivity index (χ0n) is 14.8. The maximum atomic E-state index is 6.50. The molecule has 5 heteroatoms. The summed E-state index contributed by atoms with van der Waals surface area (Å²) in [6.07, 6.45) is 0.763. The third-order valence-corrected chi connectivity index (χ3v) is 5.29. The van der Waals surface area contributed by atoms with E-state index in [1.807, 2.05) is 71.7 Å². The topological polar surface area (TPSA) is 24.8 Å². The van der Waals surface area contributed by atoms with Crippen LogP contribution in [0.1, 0.15) is 23.6 Å². The molecule has 0 aliphatic carbocycles. The highest BCUT2D eigenvalue weighted by Crippen LogP contribution is 2.39. The van der Waals surface area contributed by atoms with Crippen molar-refractivity contribution < 1.29 is 4.74 Å². The monoisotopic (exact) mass is 396 g/mol. The summed E-state index contributed by atoms with van der Waals surface area (Å²) in [4.78, 5) is 0. The van der Waals surface area contributed by atoms with E-state index in [-0.39, 0.29) is 6.04 Å². The van der Waals surface area contributed by atoms with Crippen molar-refractivity contribution in [1.29, 1.82) is 0 Å². The molecule has 3 aromatic carbocycles. The second kappa shape index (κ2) is 7.63. The molecule has 1 aliphatic rings. The highest BCUT2D eigenvalue weighted by molar-refractivity contribution is 6.31. The van der Waals surface area contributed by atoms with E-state index in [2.05, 4.69) is 6.07 Å². The Morgan fingerprint density at radius 2 is 1.63 bits per heavy atom. The molecule has 0 fully saturated rings. The first kappa shape index (κ1) is 17.9. The number of nitrogens with zero attached hydrogens (tertiary/aromatic N) is 2. The number of anilines is 1. The molecule has 1 atom stereocenters. The van der Waals surface area contributed by atoms with E-state index >= 15 is 0 Å². The zero-order chi connectivity index (χ0) is 18.8. The van der Waals surface area contributed by atoms with Gasteiger partial charge in [0.2, 0.25) is 0 Å². The molecule has 0 radical (unpaired) electrons. The van der Waals surface area contributed by atoms with Crippen molar-refractivity contribution in [3.63, 3.8) is 0 Å². The van der Waals surface area contributed by atoms with Crippen LogP contribution in [-0.4, -0.2) is 12.8 Å². The number of benzene rings is 3. The van der Waals surface area contributed by atoms with E-state index in [9.17, 15) is 0 Å². The van der Waals surface area contributed by atoms with E-state index in [1.54, 1.807) is 7.11 Å². The fourth-order valence-electron chi connectivity index (χ4n) is 3.29. The normalized spacial score (nSPS) is 16.3. The van der Waals surface area contributed by atoms with E-state index < -0.39 is 0 Å². The molecule has 136 valence electrons. The van der Waals surface area contributed by atoms with Gasteiger partial charge in [0.15, 0.2) is 0 Å². The van der Waals surface area contributed by atoms with Gasteiger partial charge in [-0.3, -0.25) is 5.01 Å². The van der Waals surface area contributed by atoms with Gasteiger partial charge in [0, 0.05) is 16.5 Å². The summed E-state index contributed by atoms with van der Waals surface area (Å²) in [5.74, 6) is 0.828. The summed E-state index contributed by atoms with van der Waals surface area (Å²) in [6, 6.07) is 23.6. The first-order valence-corrected chi connectivity index (χ1v) is 9.42. The van der Waals surface area contributed by atoms with Crippen molar-refractivity contribution in [2.75, 3.05) is 12.1 Å². The standard InChI is InChI=1S/C22H18Cl2N2O/c1-27-18-12-6-15(7-13-18)21-14-22(19-4-2-3-5-20(19)24)26(25-21)17-10-8-16(23)9-11-17/h2-13,22H,14H2,1H3. The average Bonchev–Trinajstić information content (AvgIpc) is 3.14. The van der Waals surface area contributed by atoms with Crippen molar-refractivity contribution in [2.45, 2.75) is 12.5 Å². The molecule has 0 aromatic heterocycles. The Morgan fingerprint density at radius 3 is 2.30 bits per heavy atom. The van der Waals surface area contributed by atoms with Crippen LogP contribution in [0.4, 0.5) is 5.69 Å². The lowest BCUT2D eigenvalue weighted by Gasteiger charge is -2.24. The Hall–Kier alpha value is -2.49. The number of rotatable bonds is 4. The fourth-order valence-corrected chi connectivity index (χ4v) is 3.68. The van der Waals surface area contributed by atoms with Crippen molar-refractivity contribution in [3.05, 3.63) is 94.0 Å². The second-order valence-corrected chi connectivity index (χ2v) is 7.18. The molecule has 0 spiro atoms. The van der Waals surface area contributed by atoms with Crippen LogP contribution in [0.3, 0.4) is 0 Å². The third-order valence-electron chi connectivity index (χ3n) is 4.69. The molecular weight excluding hydrogens is 379 g/mol. The molecule has 1 unspecified atom stereocenters. The maximum absolute atomic E-state index is 6.50. The summed E-state index contributed by atoms with van der Waals surface area (Å²) in [6.45, 7) is 0. The molecule has 1 aliphatic heterocycles. The first-order chi connectivity index (χ1) is 13.2. The number of halogens is 2. The smallest absolute Gasteiger partial charge is 0.118 e.